The Kier molecular flexibility index (Phi) is 6.68. The van der Waals surface area contributed by atoms with Crippen LogP contribution in [0, 0.1) is 0 Å². The van der Waals surface area contributed by atoms with Gasteiger partial charge >= 0.3 is 0 Å². The van der Waals surface area contributed by atoms with Crippen molar-refractivity contribution in [1.82, 2.24) is 4.98 Å². The average molecular weight is 403 g/mol. The number of aromatic nitrogens is 1. The third-order valence-corrected chi connectivity index (χ3v) is 4.86. The minimum absolute atomic E-state index is 0.0895. The maximum Gasteiger partial charge on any atom is 0.226 e. The van der Waals surface area contributed by atoms with Gasteiger partial charge in [0.25, 0.3) is 0 Å². The highest BCUT2D eigenvalue weighted by atomic mass is 35.5. The average Bonchev–Trinajstić information content (AvgIpc) is 3.14. The highest BCUT2D eigenvalue weighted by Crippen LogP contribution is 2.30. The summed E-state index contributed by atoms with van der Waals surface area (Å²) >= 11 is 7.56. The molecule has 27 heavy (non-hydrogen) atoms. The van der Waals surface area contributed by atoms with Crippen LogP contribution in [0.3, 0.4) is 0 Å². The number of rotatable bonds is 8. The summed E-state index contributed by atoms with van der Waals surface area (Å²) in [6.07, 6.45) is 0.970. The Morgan fingerprint density at radius 2 is 1.89 bits per heavy atom. The van der Waals surface area contributed by atoms with Gasteiger partial charge in [-0.25, -0.2) is 4.98 Å². The molecule has 0 aliphatic carbocycles. The Morgan fingerprint density at radius 3 is 2.63 bits per heavy atom. The van der Waals surface area contributed by atoms with E-state index in [0.29, 0.717) is 29.6 Å². The number of amides is 1. The van der Waals surface area contributed by atoms with Gasteiger partial charge in [0, 0.05) is 22.4 Å². The summed E-state index contributed by atoms with van der Waals surface area (Å²) in [5.74, 6) is 1.44. The lowest BCUT2D eigenvalue weighted by atomic mass is 10.2. The molecule has 0 spiro atoms. The third kappa shape index (κ3) is 5.45. The molecule has 2 aromatic carbocycles. The second-order valence-electron chi connectivity index (χ2n) is 5.69. The van der Waals surface area contributed by atoms with Gasteiger partial charge in [-0.3, -0.25) is 4.79 Å². The highest BCUT2D eigenvalue weighted by molar-refractivity contribution is 7.14. The van der Waals surface area contributed by atoms with Crippen molar-refractivity contribution in [2.24, 2.45) is 0 Å². The fourth-order valence-electron chi connectivity index (χ4n) is 2.40. The Labute approximate surface area is 166 Å². The predicted molar refractivity (Wildman–Crippen MR) is 109 cm³/mol. The summed E-state index contributed by atoms with van der Waals surface area (Å²) in [5.41, 5.74) is 1.60. The Bertz CT molecular complexity index is 896. The molecule has 0 atom stereocenters. The molecule has 0 unspecified atom stereocenters. The summed E-state index contributed by atoms with van der Waals surface area (Å²) in [4.78, 5) is 16.5. The zero-order chi connectivity index (χ0) is 19.1. The molecule has 0 saturated heterocycles. The van der Waals surface area contributed by atoms with Crippen LogP contribution in [0.4, 0.5) is 5.13 Å². The third-order valence-electron chi connectivity index (χ3n) is 3.78. The smallest absolute Gasteiger partial charge is 0.226 e. The molecule has 7 heteroatoms. The molecule has 3 rings (SSSR count). The molecule has 1 amide bonds. The van der Waals surface area contributed by atoms with Gasteiger partial charge in [0.2, 0.25) is 5.91 Å². The Hall–Kier alpha value is -2.57. The van der Waals surface area contributed by atoms with Crippen LogP contribution in [0.2, 0.25) is 5.02 Å². The van der Waals surface area contributed by atoms with Gasteiger partial charge in [0.05, 0.1) is 19.4 Å². The number of anilines is 1. The number of carbonyl (C=O) groups excluding carboxylic acids is 1. The number of hydrogen-bond donors (Lipinski definition) is 1. The number of nitrogens with one attached hydrogen (secondary N) is 1. The molecule has 0 fully saturated rings. The molecule has 1 heterocycles. The number of methoxy groups -OCH3 is 1. The van der Waals surface area contributed by atoms with E-state index in [1.807, 2.05) is 53.9 Å². The number of hydrogen-bond acceptors (Lipinski definition) is 5. The zero-order valence-electron chi connectivity index (χ0n) is 14.8. The first-order chi connectivity index (χ1) is 13.2. The minimum atomic E-state index is -0.0895. The molecule has 0 bridgehead atoms. The van der Waals surface area contributed by atoms with Crippen molar-refractivity contribution >= 4 is 34.0 Å². The molecule has 0 saturated carbocycles. The largest absolute Gasteiger partial charge is 0.497 e. The molecular formula is C20H19ClN2O3S. The number of nitrogens with zero attached hydrogens (tertiary/aromatic N) is 1. The van der Waals surface area contributed by atoms with Gasteiger partial charge < -0.3 is 14.8 Å². The summed E-state index contributed by atoms with van der Waals surface area (Å²) < 4.78 is 10.7. The Balaban J connectivity index is 1.43. The van der Waals surface area contributed by atoms with Crippen molar-refractivity contribution in [3.05, 3.63) is 58.9 Å². The van der Waals surface area contributed by atoms with E-state index in [4.69, 9.17) is 21.1 Å². The van der Waals surface area contributed by atoms with Gasteiger partial charge in [-0.2, -0.15) is 0 Å². The van der Waals surface area contributed by atoms with E-state index in [2.05, 4.69) is 10.3 Å². The summed E-state index contributed by atoms with van der Waals surface area (Å²) in [7, 11) is 1.62. The first-order valence-electron chi connectivity index (χ1n) is 8.43. The number of carbonyl (C=O) groups is 1. The lowest BCUT2D eigenvalue weighted by molar-refractivity contribution is -0.116. The molecular weight excluding hydrogens is 384 g/mol. The van der Waals surface area contributed by atoms with E-state index in [-0.39, 0.29) is 5.91 Å². The lowest BCUT2D eigenvalue weighted by Crippen LogP contribution is -2.12. The quantitative estimate of drug-likeness (QED) is 0.521. The predicted octanol–water partition coefficient (Wildman–Crippen LogP) is 5.27. The SMILES string of the molecule is COc1ccc(OCCCC(=O)Nc2nc(-c3ccccc3Cl)cs2)cc1. The number of halogens is 1. The van der Waals surface area contributed by atoms with E-state index in [1.165, 1.54) is 11.3 Å². The number of thiazole rings is 1. The second kappa shape index (κ2) is 9.39. The maximum absolute atomic E-state index is 12.1. The maximum atomic E-state index is 12.1. The van der Waals surface area contributed by atoms with Crippen molar-refractivity contribution in [1.29, 1.82) is 0 Å². The molecule has 0 radical (unpaired) electrons. The second-order valence-corrected chi connectivity index (χ2v) is 6.96. The van der Waals surface area contributed by atoms with Gasteiger partial charge in [-0.15, -0.1) is 11.3 Å². The van der Waals surface area contributed by atoms with Crippen LogP contribution in [-0.4, -0.2) is 24.6 Å². The molecule has 3 aromatic rings. The fourth-order valence-corrected chi connectivity index (χ4v) is 3.36. The van der Waals surface area contributed by atoms with E-state index in [1.54, 1.807) is 7.11 Å². The van der Waals surface area contributed by atoms with Crippen LogP contribution in [0.5, 0.6) is 11.5 Å². The summed E-state index contributed by atoms with van der Waals surface area (Å²) in [5, 5.41) is 5.89. The number of ether oxygens (including phenoxy) is 2. The molecule has 0 aliphatic heterocycles. The molecule has 1 aromatic heterocycles. The molecule has 0 aliphatic rings. The first kappa shape index (κ1) is 19.2. The molecule has 140 valence electrons. The zero-order valence-corrected chi connectivity index (χ0v) is 16.3. The van der Waals surface area contributed by atoms with Crippen molar-refractivity contribution in [3.63, 3.8) is 0 Å². The summed E-state index contributed by atoms with van der Waals surface area (Å²) in [6, 6.07) is 14.8. The fraction of sp³-hybridized carbons (Fsp3) is 0.200. The first-order valence-corrected chi connectivity index (χ1v) is 9.68. The van der Waals surface area contributed by atoms with Crippen molar-refractivity contribution < 1.29 is 14.3 Å². The van der Waals surface area contributed by atoms with Crippen LogP contribution in [0.1, 0.15) is 12.8 Å². The normalized spacial score (nSPS) is 10.4. The lowest BCUT2D eigenvalue weighted by Gasteiger charge is -2.07. The van der Waals surface area contributed by atoms with Crippen molar-refractivity contribution in [2.75, 3.05) is 19.0 Å². The molecule has 5 nitrogen and oxygen atoms in total. The van der Waals surface area contributed by atoms with Crippen LogP contribution >= 0.6 is 22.9 Å². The van der Waals surface area contributed by atoms with Gasteiger partial charge in [0.1, 0.15) is 11.5 Å². The molecule has 1 N–H and O–H groups in total. The van der Waals surface area contributed by atoms with E-state index < -0.39 is 0 Å². The van der Waals surface area contributed by atoms with Crippen LogP contribution < -0.4 is 14.8 Å². The van der Waals surface area contributed by atoms with E-state index in [9.17, 15) is 4.79 Å². The van der Waals surface area contributed by atoms with Crippen LogP contribution in [0.15, 0.2) is 53.9 Å². The van der Waals surface area contributed by atoms with Crippen LogP contribution in [0.25, 0.3) is 11.3 Å². The van der Waals surface area contributed by atoms with Crippen molar-refractivity contribution in [2.45, 2.75) is 12.8 Å². The van der Waals surface area contributed by atoms with Gasteiger partial charge in [-0.05, 0) is 36.8 Å². The van der Waals surface area contributed by atoms with Crippen LogP contribution in [-0.2, 0) is 4.79 Å². The van der Waals surface area contributed by atoms with E-state index >= 15 is 0 Å². The standard InChI is InChI=1S/C20H19ClN2O3S/c1-25-14-8-10-15(11-9-14)26-12-4-7-19(24)23-20-22-18(13-27-20)16-5-2-3-6-17(16)21/h2-3,5-6,8-11,13H,4,7,12H2,1H3,(H,22,23,24). The van der Waals surface area contributed by atoms with Gasteiger partial charge in [0.15, 0.2) is 5.13 Å². The van der Waals surface area contributed by atoms with Crippen molar-refractivity contribution in [3.8, 4) is 22.8 Å². The minimum Gasteiger partial charge on any atom is -0.497 e. The van der Waals surface area contributed by atoms with E-state index in [0.717, 1.165) is 22.8 Å². The van der Waals surface area contributed by atoms with Gasteiger partial charge in [-0.1, -0.05) is 29.8 Å². The monoisotopic (exact) mass is 402 g/mol. The Morgan fingerprint density at radius 1 is 1.15 bits per heavy atom. The number of benzene rings is 2. The highest BCUT2D eigenvalue weighted by Gasteiger charge is 2.10. The topological polar surface area (TPSA) is 60.5 Å². The summed E-state index contributed by atoms with van der Waals surface area (Å²) in [6.45, 7) is 0.461.